The molecule has 2 aromatic heterocycles. The molecule has 2 saturated heterocycles. The fraction of sp³-hybridized carbons (Fsp3) is 0.500. The van der Waals surface area contributed by atoms with E-state index >= 15 is 0 Å². The van der Waals surface area contributed by atoms with Crippen LogP contribution in [0.4, 0.5) is 17.2 Å². The third-order valence-corrected chi connectivity index (χ3v) is 9.47. The molecule has 0 spiro atoms. The average Bonchev–Trinajstić information content (AvgIpc) is 3.34. The Bertz CT molecular complexity index is 1390. The lowest BCUT2D eigenvalue weighted by Gasteiger charge is -2.39. The number of methoxy groups -OCH3 is 2. The minimum absolute atomic E-state index is 0.205. The van der Waals surface area contributed by atoms with E-state index in [4.69, 9.17) is 25.8 Å². The number of benzene rings is 1. The Hall–Kier alpha value is -2.61. The number of H-pyrrole nitrogens is 1. The molecule has 0 saturated carbocycles. The lowest BCUT2D eigenvalue weighted by molar-refractivity contribution is 0.00610. The predicted octanol–water partition coefficient (Wildman–Crippen LogP) is 3.51. The van der Waals surface area contributed by atoms with E-state index in [0.29, 0.717) is 60.2 Å². The number of anilines is 3. The van der Waals surface area contributed by atoms with Crippen LogP contribution in [-0.4, -0.2) is 100 Å². The Morgan fingerprint density at radius 2 is 1.90 bits per heavy atom. The third-order valence-electron chi connectivity index (χ3n) is 7.27. The number of hydrogen-bond acceptors (Lipinski definition) is 9. The van der Waals surface area contributed by atoms with Gasteiger partial charge in [0.2, 0.25) is 10.0 Å². The number of ether oxygens (including phenoxy) is 3. The van der Waals surface area contributed by atoms with Gasteiger partial charge in [0.15, 0.2) is 0 Å². The molecule has 1 aromatic carbocycles. The number of rotatable bonds is 10. The Kier molecular flexibility index (Phi) is 8.79. The number of sulfonamides is 1. The highest BCUT2D eigenvalue weighted by Crippen LogP contribution is 2.35. The van der Waals surface area contributed by atoms with Gasteiger partial charge in [0.05, 0.1) is 53.6 Å². The molecule has 3 N–H and O–H groups in total. The van der Waals surface area contributed by atoms with Crippen molar-refractivity contribution in [1.29, 1.82) is 0 Å². The lowest BCUT2D eigenvalue weighted by Crippen LogP contribution is -2.50. The lowest BCUT2D eigenvalue weighted by atomic mass is 10.0. The molecule has 11 nitrogen and oxygen atoms in total. The second kappa shape index (κ2) is 12.3. The minimum Gasteiger partial charge on any atom is -0.495 e. The number of nitrogens with one attached hydrogen (secondary N) is 3. The molecule has 0 unspecified atom stereocenters. The largest absolute Gasteiger partial charge is 0.495 e. The first-order valence-corrected chi connectivity index (χ1v) is 14.9. The normalized spacial score (nSPS) is 17.9. The molecule has 0 aliphatic carbocycles. The van der Waals surface area contributed by atoms with E-state index < -0.39 is 10.0 Å². The van der Waals surface area contributed by atoms with Gasteiger partial charge in [-0.25, -0.2) is 13.4 Å². The van der Waals surface area contributed by atoms with Gasteiger partial charge < -0.3 is 29.8 Å². The summed E-state index contributed by atoms with van der Waals surface area (Å²) in [5.41, 5.74) is 2.00. The molecular weight excluding hydrogens is 544 g/mol. The van der Waals surface area contributed by atoms with E-state index in [1.165, 1.54) is 7.11 Å². The van der Waals surface area contributed by atoms with Crippen LogP contribution in [0, 0.1) is 0 Å². The molecule has 13 heteroatoms. The second-order valence-electron chi connectivity index (χ2n) is 9.61. The van der Waals surface area contributed by atoms with Crippen LogP contribution in [0.15, 0.2) is 35.4 Å². The van der Waals surface area contributed by atoms with Gasteiger partial charge in [-0.05, 0) is 25.0 Å². The van der Waals surface area contributed by atoms with Crippen LogP contribution in [0.25, 0.3) is 11.0 Å². The average molecular weight is 579 g/mol. The molecule has 0 radical (unpaired) electrons. The molecular formula is C26H35ClN6O5S. The molecule has 0 amide bonds. The summed E-state index contributed by atoms with van der Waals surface area (Å²) in [6.07, 6.45) is 3.32. The van der Waals surface area contributed by atoms with E-state index in [-0.39, 0.29) is 4.90 Å². The van der Waals surface area contributed by atoms with Gasteiger partial charge >= 0.3 is 0 Å². The maximum absolute atomic E-state index is 13.5. The second-order valence-corrected chi connectivity index (χ2v) is 12.0. The first kappa shape index (κ1) is 27.9. The summed E-state index contributed by atoms with van der Waals surface area (Å²) in [5.74, 6) is 0.944. The standard InChI is InChI=1S/C26H35ClN6O5S/c1-36-12-7-28-22-16-24(31-26-25(22)20(27)17-29-26)30-21-4-3-19(15-23(21)37-2)39(34,35)33-8-5-18(6-9-33)32-10-13-38-14-11-32/h3-4,15-18H,5-14H2,1-2H3,(H3,28,29,30,31). The van der Waals surface area contributed by atoms with E-state index in [2.05, 4.69) is 25.5 Å². The molecule has 2 fully saturated rings. The number of morpholine rings is 1. The molecule has 2 aliphatic heterocycles. The van der Waals surface area contributed by atoms with Crippen LogP contribution in [0.2, 0.25) is 5.02 Å². The van der Waals surface area contributed by atoms with Crippen LogP contribution in [-0.2, 0) is 19.5 Å². The molecule has 5 rings (SSSR count). The quantitative estimate of drug-likeness (QED) is 0.310. The summed E-state index contributed by atoms with van der Waals surface area (Å²) in [5, 5.41) is 7.93. The number of hydrogen-bond donors (Lipinski definition) is 3. The van der Waals surface area contributed by atoms with Crippen molar-refractivity contribution in [3.63, 3.8) is 0 Å². The predicted molar refractivity (Wildman–Crippen MR) is 152 cm³/mol. The zero-order valence-corrected chi connectivity index (χ0v) is 23.8. The maximum atomic E-state index is 13.5. The minimum atomic E-state index is -3.66. The molecule has 4 heterocycles. The van der Waals surface area contributed by atoms with Crippen LogP contribution >= 0.6 is 11.6 Å². The summed E-state index contributed by atoms with van der Waals surface area (Å²) in [4.78, 5) is 10.3. The van der Waals surface area contributed by atoms with Crippen molar-refractivity contribution >= 4 is 49.9 Å². The van der Waals surface area contributed by atoms with Crippen LogP contribution in [0.3, 0.4) is 0 Å². The van der Waals surface area contributed by atoms with Crippen molar-refractivity contribution in [2.75, 3.05) is 77.4 Å². The van der Waals surface area contributed by atoms with E-state index in [1.54, 1.807) is 35.8 Å². The van der Waals surface area contributed by atoms with Crippen LogP contribution in [0.5, 0.6) is 5.75 Å². The molecule has 2 aliphatic rings. The van der Waals surface area contributed by atoms with Gasteiger partial charge in [-0.3, -0.25) is 4.90 Å². The van der Waals surface area contributed by atoms with Crippen LogP contribution < -0.4 is 15.4 Å². The van der Waals surface area contributed by atoms with Crippen LogP contribution in [0.1, 0.15) is 12.8 Å². The van der Waals surface area contributed by atoms with Crippen molar-refractivity contribution in [3.05, 3.63) is 35.5 Å². The van der Waals surface area contributed by atoms with Crippen molar-refractivity contribution in [2.45, 2.75) is 23.8 Å². The van der Waals surface area contributed by atoms with E-state index in [1.807, 2.05) is 6.07 Å². The van der Waals surface area contributed by atoms with Gasteiger partial charge in [0.25, 0.3) is 0 Å². The summed E-state index contributed by atoms with van der Waals surface area (Å²) in [7, 11) is -0.499. The van der Waals surface area contributed by atoms with Gasteiger partial charge in [-0.15, -0.1) is 0 Å². The third kappa shape index (κ3) is 6.11. The summed E-state index contributed by atoms with van der Waals surface area (Å²) < 4.78 is 44.8. The molecule has 0 bridgehead atoms. The summed E-state index contributed by atoms with van der Waals surface area (Å²) >= 11 is 6.37. The Balaban J connectivity index is 1.32. The summed E-state index contributed by atoms with van der Waals surface area (Å²) in [6, 6.07) is 7.12. The zero-order valence-electron chi connectivity index (χ0n) is 22.2. The number of aromatic amines is 1. The first-order chi connectivity index (χ1) is 18.9. The van der Waals surface area contributed by atoms with Gasteiger partial charge in [0, 0.05) is 64.2 Å². The van der Waals surface area contributed by atoms with Gasteiger partial charge in [0.1, 0.15) is 17.2 Å². The van der Waals surface area contributed by atoms with E-state index in [0.717, 1.165) is 50.2 Å². The van der Waals surface area contributed by atoms with Gasteiger partial charge in [-0.2, -0.15) is 4.31 Å². The monoisotopic (exact) mass is 578 g/mol. The SMILES string of the molecule is COCCNc1cc(Nc2ccc(S(=O)(=O)N3CCC(N4CCOCC4)CC3)cc2OC)nc2[nH]cc(Cl)c12. The fourth-order valence-electron chi connectivity index (χ4n) is 5.20. The Morgan fingerprint density at radius 1 is 1.13 bits per heavy atom. The molecule has 0 atom stereocenters. The highest BCUT2D eigenvalue weighted by Gasteiger charge is 2.32. The van der Waals surface area contributed by atoms with E-state index in [9.17, 15) is 8.42 Å². The molecule has 39 heavy (non-hydrogen) atoms. The van der Waals surface area contributed by atoms with Crippen molar-refractivity contribution in [1.82, 2.24) is 19.2 Å². The highest BCUT2D eigenvalue weighted by atomic mass is 35.5. The number of halogens is 1. The molecule has 212 valence electrons. The Labute approximate surface area is 233 Å². The summed E-state index contributed by atoms with van der Waals surface area (Å²) in [6.45, 7) is 5.42. The number of nitrogens with zero attached hydrogens (tertiary/aromatic N) is 3. The number of fused-ring (bicyclic) bond motifs is 1. The topological polar surface area (TPSA) is 121 Å². The van der Waals surface area contributed by atoms with Crippen molar-refractivity contribution in [2.24, 2.45) is 0 Å². The number of aromatic nitrogens is 2. The smallest absolute Gasteiger partial charge is 0.243 e. The fourth-order valence-corrected chi connectivity index (χ4v) is 6.93. The highest BCUT2D eigenvalue weighted by molar-refractivity contribution is 7.89. The first-order valence-electron chi connectivity index (χ1n) is 13.1. The number of pyridine rings is 1. The Morgan fingerprint density at radius 3 is 2.62 bits per heavy atom. The molecule has 3 aromatic rings. The van der Waals surface area contributed by atoms with Crippen molar-refractivity contribution < 1.29 is 22.6 Å². The van der Waals surface area contributed by atoms with Gasteiger partial charge in [-0.1, -0.05) is 11.6 Å². The van der Waals surface area contributed by atoms with Crippen molar-refractivity contribution in [3.8, 4) is 5.75 Å². The maximum Gasteiger partial charge on any atom is 0.243 e. The number of piperidine rings is 1. The zero-order chi connectivity index (χ0) is 27.4.